The quantitative estimate of drug-likeness (QED) is 0.607. The van der Waals surface area contributed by atoms with Gasteiger partial charge < -0.3 is 5.11 Å². The van der Waals surface area contributed by atoms with E-state index in [9.17, 15) is 5.11 Å². The number of rotatable bonds is 0. The predicted molar refractivity (Wildman–Crippen MR) is 52.3 cm³/mol. The van der Waals surface area contributed by atoms with Gasteiger partial charge in [0.1, 0.15) is 0 Å². The summed E-state index contributed by atoms with van der Waals surface area (Å²) < 4.78 is 0. The third-order valence-electron chi connectivity index (χ3n) is 5.49. The molecule has 1 spiro atoms. The molecule has 0 aromatic carbocycles. The van der Waals surface area contributed by atoms with Gasteiger partial charge in [0.2, 0.25) is 0 Å². The van der Waals surface area contributed by atoms with E-state index in [-0.39, 0.29) is 6.10 Å². The lowest BCUT2D eigenvalue weighted by Gasteiger charge is -2.36. The summed E-state index contributed by atoms with van der Waals surface area (Å²) in [6, 6.07) is 0. The fraction of sp³-hybridized carbons (Fsp3) is 1.00. The van der Waals surface area contributed by atoms with Crippen molar-refractivity contribution in [3.8, 4) is 0 Å². The molecule has 3 aliphatic carbocycles. The summed E-state index contributed by atoms with van der Waals surface area (Å²) in [5.41, 5.74) is 1.21. The summed E-state index contributed by atoms with van der Waals surface area (Å²) in [7, 11) is 0. The maximum atomic E-state index is 10.1. The molecule has 0 saturated heterocycles. The molecule has 0 aromatic heterocycles. The van der Waals surface area contributed by atoms with Gasteiger partial charge in [0, 0.05) is 0 Å². The molecule has 3 rings (SSSR count). The van der Waals surface area contributed by atoms with Crippen molar-refractivity contribution < 1.29 is 5.11 Å². The van der Waals surface area contributed by atoms with Crippen LogP contribution in [0.15, 0.2) is 0 Å². The zero-order chi connectivity index (χ0) is 9.27. The van der Waals surface area contributed by atoms with E-state index in [1.807, 2.05) is 0 Å². The Morgan fingerprint density at radius 2 is 2.00 bits per heavy atom. The first-order valence-corrected chi connectivity index (χ1v) is 5.77. The first kappa shape index (κ1) is 8.28. The third-order valence-corrected chi connectivity index (χ3v) is 5.49. The highest BCUT2D eigenvalue weighted by atomic mass is 16.3. The molecule has 0 aliphatic heterocycles. The zero-order valence-corrected chi connectivity index (χ0v) is 8.71. The molecule has 3 saturated carbocycles. The van der Waals surface area contributed by atoms with Gasteiger partial charge in [-0.05, 0) is 54.8 Å². The van der Waals surface area contributed by atoms with Crippen LogP contribution in [0.1, 0.15) is 46.0 Å². The minimum atomic E-state index is 0.0214. The largest absolute Gasteiger partial charge is 0.393 e. The van der Waals surface area contributed by atoms with Gasteiger partial charge in [0.15, 0.2) is 0 Å². The number of aliphatic hydroxyl groups excluding tert-OH is 1. The summed E-state index contributed by atoms with van der Waals surface area (Å²) in [5, 5.41) is 10.1. The SMILES string of the molecule is C[C@H]1CC[C@]23C[C@]2(C)CC[C@@H](O)[C@H]13. The first-order valence-electron chi connectivity index (χ1n) is 5.77. The normalized spacial score (nSPS) is 64.4. The lowest BCUT2D eigenvalue weighted by Crippen LogP contribution is -2.36. The molecule has 0 amide bonds. The second kappa shape index (κ2) is 2.13. The van der Waals surface area contributed by atoms with E-state index in [0.29, 0.717) is 16.7 Å². The van der Waals surface area contributed by atoms with Crippen molar-refractivity contribution in [2.45, 2.75) is 52.1 Å². The molecule has 1 N–H and O–H groups in total. The van der Waals surface area contributed by atoms with E-state index in [4.69, 9.17) is 0 Å². The van der Waals surface area contributed by atoms with E-state index in [2.05, 4.69) is 13.8 Å². The molecule has 5 atom stereocenters. The fourth-order valence-corrected chi connectivity index (χ4v) is 4.67. The molecule has 3 fully saturated rings. The molecule has 0 heterocycles. The molecule has 74 valence electrons. The van der Waals surface area contributed by atoms with Crippen LogP contribution < -0.4 is 0 Å². The Morgan fingerprint density at radius 1 is 1.23 bits per heavy atom. The molecular weight excluding hydrogens is 160 g/mol. The number of hydrogen-bond donors (Lipinski definition) is 1. The summed E-state index contributed by atoms with van der Waals surface area (Å²) >= 11 is 0. The minimum Gasteiger partial charge on any atom is -0.393 e. The van der Waals surface area contributed by atoms with Gasteiger partial charge in [-0.25, -0.2) is 0 Å². The fourth-order valence-electron chi connectivity index (χ4n) is 4.67. The van der Waals surface area contributed by atoms with E-state index >= 15 is 0 Å². The molecule has 0 radical (unpaired) electrons. The molecule has 1 heteroatoms. The molecule has 0 aromatic rings. The average Bonchev–Trinajstić information content (AvgIpc) is 2.54. The van der Waals surface area contributed by atoms with E-state index in [0.717, 1.165) is 12.3 Å². The monoisotopic (exact) mass is 180 g/mol. The van der Waals surface area contributed by atoms with Crippen molar-refractivity contribution in [1.82, 2.24) is 0 Å². The van der Waals surface area contributed by atoms with E-state index in [1.54, 1.807) is 0 Å². The maximum absolute atomic E-state index is 10.1. The molecule has 0 bridgehead atoms. The van der Waals surface area contributed by atoms with E-state index < -0.39 is 0 Å². The maximum Gasteiger partial charge on any atom is 0.0576 e. The molecular formula is C12H20O. The molecule has 0 unspecified atom stereocenters. The summed E-state index contributed by atoms with van der Waals surface area (Å²) in [6.07, 6.45) is 6.52. The first-order chi connectivity index (χ1) is 6.09. The van der Waals surface area contributed by atoms with Gasteiger partial charge >= 0.3 is 0 Å². The Hall–Kier alpha value is -0.0400. The lowest BCUT2D eigenvalue weighted by molar-refractivity contribution is 0.00421. The summed E-state index contributed by atoms with van der Waals surface area (Å²) in [6.45, 7) is 4.79. The second-order valence-corrected chi connectivity index (χ2v) is 6.04. The van der Waals surface area contributed by atoms with Crippen LogP contribution in [0.2, 0.25) is 0 Å². The highest BCUT2D eigenvalue weighted by Crippen LogP contribution is 2.79. The Bertz CT molecular complexity index is 246. The smallest absolute Gasteiger partial charge is 0.0576 e. The van der Waals surface area contributed by atoms with E-state index in [1.165, 1.54) is 25.7 Å². The van der Waals surface area contributed by atoms with Crippen molar-refractivity contribution >= 4 is 0 Å². The van der Waals surface area contributed by atoms with Crippen LogP contribution >= 0.6 is 0 Å². The van der Waals surface area contributed by atoms with Crippen molar-refractivity contribution in [2.24, 2.45) is 22.7 Å². The standard InChI is InChI=1S/C12H20O/c1-8-3-6-12-7-11(12,2)5-4-9(13)10(8)12/h8-10,13H,3-7H2,1-2H3/t8-,9+,10-,11-,12+/m0/s1. The van der Waals surface area contributed by atoms with Crippen molar-refractivity contribution in [1.29, 1.82) is 0 Å². The van der Waals surface area contributed by atoms with Crippen molar-refractivity contribution in [3.05, 3.63) is 0 Å². The highest BCUT2D eigenvalue weighted by molar-refractivity contribution is 5.21. The predicted octanol–water partition coefficient (Wildman–Crippen LogP) is 2.58. The van der Waals surface area contributed by atoms with Crippen molar-refractivity contribution in [3.63, 3.8) is 0 Å². The van der Waals surface area contributed by atoms with Gasteiger partial charge in [-0.3, -0.25) is 0 Å². The molecule has 1 nitrogen and oxygen atoms in total. The topological polar surface area (TPSA) is 20.2 Å². The molecule has 3 aliphatic rings. The Morgan fingerprint density at radius 3 is 2.69 bits per heavy atom. The lowest BCUT2D eigenvalue weighted by atomic mass is 9.71. The van der Waals surface area contributed by atoms with Gasteiger partial charge in [0.05, 0.1) is 6.10 Å². The van der Waals surface area contributed by atoms with Crippen LogP contribution in [0.3, 0.4) is 0 Å². The summed E-state index contributed by atoms with van der Waals surface area (Å²) in [4.78, 5) is 0. The third kappa shape index (κ3) is 0.782. The van der Waals surface area contributed by atoms with Gasteiger partial charge in [0.25, 0.3) is 0 Å². The van der Waals surface area contributed by atoms with Crippen molar-refractivity contribution in [2.75, 3.05) is 0 Å². The number of hydrogen-bond acceptors (Lipinski definition) is 1. The Labute approximate surface area is 80.5 Å². The van der Waals surface area contributed by atoms with Gasteiger partial charge in [-0.2, -0.15) is 0 Å². The average molecular weight is 180 g/mol. The zero-order valence-electron chi connectivity index (χ0n) is 8.71. The Kier molecular flexibility index (Phi) is 1.36. The number of aliphatic hydroxyl groups is 1. The second-order valence-electron chi connectivity index (χ2n) is 6.04. The van der Waals surface area contributed by atoms with Crippen LogP contribution in [0.5, 0.6) is 0 Å². The van der Waals surface area contributed by atoms with Gasteiger partial charge in [-0.1, -0.05) is 13.8 Å². The minimum absolute atomic E-state index is 0.0214. The Balaban J connectivity index is 1.97. The van der Waals surface area contributed by atoms with Crippen LogP contribution in [-0.4, -0.2) is 11.2 Å². The molecule has 13 heavy (non-hydrogen) atoms. The summed E-state index contributed by atoms with van der Waals surface area (Å²) in [5.74, 6) is 1.42. The van der Waals surface area contributed by atoms with Crippen LogP contribution in [0.4, 0.5) is 0 Å². The van der Waals surface area contributed by atoms with Crippen LogP contribution in [0.25, 0.3) is 0 Å². The van der Waals surface area contributed by atoms with Crippen LogP contribution in [-0.2, 0) is 0 Å². The highest BCUT2D eigenvalue weighted by Gasteiger charge is 2.72. The van der Waals surface area contributed by atoms with Crippen LogP contribution in [0, 0.1) is 22.7 Å². The van der Waals surface area contributed by atoms with Gasteiger partial charge in [-0.15, -0.1) is 0 Å².